The van der Waals surface area contributed by atoms with Crippen LogP contribution < -0.4 is 0 Å². The number of rotatable bonds is 4. The predicted octanol–water partition coefficient (Wildman–Crippen LogP) is 2.65. The summed E-state index contributed by atoms with van der Waals surface area (Å²) in [6.07, 6.45) is 2.05. The van der Waals surface area contributed by atoms with Gasteiger partial charge in [-0.2, -0.15) is 0 Å². The summed E-state index contributed by atoms with van der Waals surface area (Å²) in [6, 6.07) is 6.56. The highest BCUT2D eigenvalue weighted by Gasteiger charge is 2.46. The molecule has 2 rings (SSSR count). The van der Waals surface area contributed by atoms with Gasteiger partial charge in [0.05, 0.1) is 0 Å². The van der Waals surface area contributed by atoms with Gasteiger partial charge in [-0.3, -0.25) is 9.69 Å². The van der Waals surface area contributed by atoms with Crippen LogP contribution in [0.3, 0.4) is 0 Å². The molecule has 18 heavy (non-hydrogen) atoms. The van der Waals surface area contributed by atoms with E-state index >= 15 is 0 Å². The Morgan fingerprint density at radius 1 is 1.50 bits per heavy atom. The highest BCUT2D eigenvalue weighted by atomic mass is 19.1. The normalized spacial score (nSPS) is 24.3. The van der Waals surface area contributed by atoms with Crippen LogP contribution in [0, 0.1) is 5.82 Å². The van der Waals surface area contributed by atoms with Gasteiger partial charge in [0, 0.05) is 12.1 Å². The van der Waals surface area contributed by atoms with E-state index in [1.54, 1.807) is 18.2 Å². The number of carbonyl (C=O) groups is 1. The lowest BCUT2D eigenvalue weighted by Crippen LogP contribution is -2.49. The first-order valence-corrected chi connectivity index (χ1v) is 6.32. The Morgan fingerprint density at radius 3 is 2.83 bits per heavy atom. The first-order valence-electron chi connectivity index (χ1n) is 6.32. The maximum Gasteiger partial charge on any atom is 0.324 e. The Bertz CT molecular complexity index is 449. The minimum absolute atomic E-state index is 0.264. The van der Waals surface area contributed by atoms with Gasteiger partial charge >= 0.3 is 5.97 Å². The maximum absolute atomic E-state index is 13.6. The molecule has 1 N–H and O–H groups in total. The SMILES string of the molecule is CCC1(C(=O)O)CCCN1Cc1ccccc1F. The zero-order valence-electron chi connectivity index (χ0n) is 10.5. The van der Waals surface area contributed by atoms with E-state index in [2.05, 4.69) is 0 Å². The van der Waals surface area contributed by atoms with Crippen LogP contribution in [0.4, 0.5) is 4.39 Å². The standard InChI is InChI=1S/C14H18FNO2/c1-2-14(13(17)18)8-5-9-16(14)10-11-6-3-4-7-12(11)15/h3-4,6-7H,2,5,8-10H2,1H3,(H,17,18). The number of hydrogen-bond donors (Lipinski definition) is 1. The zero-order chi connectivity index (χ0) is 13.2. The Hall–Kier alpha value is -1.42. The summed E-state index contributed by atoms with van der Waals surface area (Å²) in [5, 5.41) is 9.45. The minimum atomic E-state index is -0.817. The van der Waals surface area contributed by atoms with Crippen molar-refractivity contribution in [3.8, 4) is 0 Å². The molecule has 1 atom stereocenters. The van der Waals surface area contributed by atoms with Gasteiger partial charge in [0.1, 0.15) is 11.4 Å². The average molecular weight is 251 g/mol. The van der Waals surface area contributed by atoms with Crippen molar-refractivity contribution in [3.05, 3.63) is 35.6 Å². The summed E-state index contributed by atoms with van der Waals surface area (Å²) in [5.74, 6) is -1.06. The fraction of sp³-hybridized carbons (Fsp3) is 0.500. The number of hydrogen-bond acceptors (Lipinski definition) is 2. The molecule has 0 aromatic heterocycles. The number of benzene rings is 1. The van der Waals surface area contributed by atoms with Crippen LogP contribution in [-0.4, -0.2) is 28.1 Å². The lowest BCUT2D eigenvalue weighted by atomic mass is 9.92. The lowest BCUT2D eigenvalue weighted by Gasteiger charge is -2.33. The molecule has 1 heterocycles. The molecule has 1 aliphatic rings. The lowest BCUT2D eigenvalue weighted by molar-refractivity contribution is -0.150. The predicted molar refractivity (Wildman–Crippen MR) is 66.7 cm³/mol. The van der Waals surface area contributed by atoms with Crippen molar-refractivity contribution in [2.24, 2.45) is 0 Å². The van der Waals surface area contributed by atoms with Crippen LogP contribution in [0.2, 0.25) is 0 Å². The Balaban J connectivity index is 2.23. The van der Waals surface area contributed by atoms with Crippen LogP contribution in [-0.2, 0) is 11.3 Å². The van der Waals surface area contributed by atoms with Crippen LogP contribution in [0.15, 0.2) is 24.3 Å². The third kappa shape index (κ3) is 2.12. The molecule has 0 saturated carbocycles. The highest BCUT2D eigenvalue weighted by Crippen LogP contribution is 2.34. The molecular weight excluding hydrogens is 233 g/mol. The van der Waals surface area contributed by atoms with Gasteiger partial charge in [-0.15, -0.1) is 0 Å². The molecule has 1 unspecified atom stereocenters. The van der Waals surface area contributed by atoms with Gasteiger partial charge in [0.25, 0.3) is 0 Å². The van der Waals surface area contributed by atoms with E-state index in [0.717, 1.165) is 6.42 Å². The molecule has 3 nitrogen and oxygen atoms in total. The number of carboxylic acids is 1. The van der Waals surface area contributed by atoms with Crippen molar-refractivity contribution in [2.75, 3.05) is 6.54 Å². The number of carboxylic acid groups (broad SMARTS) is 1. The first kappa shape index (κ1) is 13.0. The van der Waals surface area contributed by atoms with E-state index in [1.807, 2.05) is 11.8 Å². The Kier molecular flexibility index (Phi) is 3.66. The number of likely N-dealkylation sites (tertiary alicyclic amines) is 1. The summed E-state index contributed by atoms with van der Waals surface area (Å²) in [5.41, 5.74) is -0.249. The fourth-order valence-corrected chi connectivity index (χ4v) is 2.79. The molecule has 1 aliphatic heterocycles. The molecule has 1 aromatic rings. The molecule has 0 spiro atoms. The van der Waals surface area contributed by atoms with Gasteiger partial charge in [-0.05, 0) is 31.9 Å². The Labute approximate surface area is 106 Å². The Morgan fingerprint density at radius 2 is 2.22 bits per heavy atom. The molecule has 0 aliphatic carbocycles. The number of nitrogens with zero attached hydrogens (tertiary/aromatic N) is 1. The molecule has 0 amide bonds. The van der Waals surface area contributed by atoms with Gasteiger partial charge in [-0.25, -0.2) is 4.39 Å². The molecule has 1 aromatic carbocycles. The van der Waals surface area contributed by atoms with Crippen LogP contribution >= 0.6 is 0 Å². The van der Waals surface area contributed by atoms with E-state index in [4.69, 9.17) is 0 Å². The minimum Gasteiger partial charge on any atom is -0.480 e. The van der Waals surface area contributed by atoms with Crippen molar-refractivity contribution in [1.29, 1.82) is 0 Å². The fourth-order valence-electron chi connectivity index (χ4n) is 2.79. The number of aliphatic carboxylic acids is 1. The summed E-state index contributed by atoms with van der Waals surface area (Å²) in [7, 11) is 0. The van der Waals surface area contributed by atoms with Crippen LogP contribution in [0.25, 0.3) is 0 Å². The van der Waals surface area contributed by atoms with Gasteiger partial charge in [0.15, 0.2) is 0 Å². The first-order chi connectivity index (χ1) is 8.60. The summed E-state index contributed by atoms with van der Waals surface area (Å²) < 4.78 is 13.6. The van der Waals surface area contributed by atoms with Gasteiger partial charge in [0.2, 0.25) is 0 Å². The van der Waals surface area contributed by atoms with E-state index < -0.39 is 11.5 Å². The van der Waals surface area contributed by atoms with E-state index in [0.29, 0.717) is 31.5 Å². The van der Waals surface area contributed by atoms with E-state index in [1.165, 1.54) is 6.07 Å². The summed E-state index contributed by atoms with van der Waals surface area (Å²) in [4.78, 5) is 13.4. The van der Waals surface area contributed by atoms with Crippen molar-refractivity contribution in [1.82, 2.24) is 4.90 Å². The van der Waals surface area contributed by atoms with Crippen LogP contribution in [0.5, 0.6) is 0 Å². The molecular formula is C14H18FNO2. The quantitative estimate of drug-likeness (QED) is 0.894. The summed E-state index contributed by atoms with van der Waals surface area (Å²) >= 11 is 0. The monoisotopic (exact) mass is 251 g/mol. The van der Waals surface area contributed by atoms with Crippen molar-refractivity contribution >= 4 is 5.97 Å². The van der Waals surface area contributed by atoms with E-state index in [9.17, 15) is 14.3 Å². The topological polar surface area (TPSA) is 40.5 Å². The smallest absolute Gasteiger partial charge is 0.324 e. The van der Waals surface area contributed by atoms with Gasteiger partial charge in [-0.1, -0.05) is 25.1 Å². The largest absolute Gasteiger partial charge is 0.480 e. The van der Waals surface area contributed by atoms with Crippen molar-refractivity contribution in [2.45, 2.75) is 38.3 Å². The average Bonchev–Trinajstić information content (AvgIpc) is 2.76. The second-order valence-electron chi connectivity index (χ2n) is 4.81. The molecule has 98 valence electrons. The molecule has 1 fully saturated rings. The third-order valence-electron chi connectivity index (χ3n) is 3.93. The second kappa shape index (κ2) is 5.06. The molecule has 4 heteroatoms. The van der Waals surface area contributed by atoms with Gasteiger partial charge < -0.3 is 5.11 Å². The molecule has 0 bridgehead atoms. The summed E-state index contributed by atoms with van der Waals surface area (Å²) in [6.45, 7) is 2.97. The van der Waals surface area contributed by atoms with Crippen molar-refractivity contribution in [3.63, 3.8) is 0 Å². The second-order valence-corrected chi connectivity index (χ2v) is 4.81. The maximum atomic E-state index is 13.6. The van der Waals surface area contributed by atoms with Crippen LogP contribution in [0.1, 0.15) is 31.7 Å². The molecule has 0 radical (unpaired) electrons. The molecule has 1 saturated heterocycles. The van der Waals surface area contributed by atoms with Crippen molar-refractivity contribution < 1.29 is 14.3 Å². The number of halogens is 1. The van der Waals surface area contributed by atoms with E-state index in [-0.39, 0.29) is 5.82 Å². The highest BCUT2D eigenvalue weighted by molar-refractivity contribution is 5.79. The zero-order valence-corrected chi connectivity index (χ0v) is 10.5. The third-order valence-corrected chi connectivity index (χ3v) is 3.93.